The van der Waals surface area contributed by atoms with E-state index >= 15 is 0 Å². The first-order valence-corrected chi connectivity index (χ1v) is 8.41. The molecule has 4 nitrogen and oxygen atoms in total. The first-order chi connectivity index (χ1) is 9.44. The van der Waals surface area contributed by atoms with E-state index in [0.717, 1.165) is 26.2 Å². The van der Waals surface area contributed by atoms with Gasteiger partial charge < -0.3 is 10.2 Å². The largest absolute Gasteiger partial charge is 0.345 e. The second-order valence-electron chi connectivity index (χ2n) is 6.38. The fraction of sp³-hybridized carbons (Fsp3) is 0.800. The van der Waals surface area contributed by atoms with Crippen LogP contribution in [0.3, 0.4) is 0 Å². The molecular formula is C15H28N4S. The van der Waals surface area contributed by atoms with Crippen molar-refractivity contribution >= 4 is 16.5 Å². The molecule has 1 atom stereocenters. The Hall–Kier alpha value is -0.650. The van der Waals surface area contributed by atoms with Gasteiger partial charge in [-0.15, -0.1) is 11.3 Å². The maximum atomic E-state index is 4.65. The van der Waals surface area contributed by atoms with E-state index in [-0.39, 0.29) is 5.54 Å². The summed E-state index contributed by atoms with van der Waals surface area (Å²) in [7, 11) is 2.21. The molecule has 0 bridgehead atoms. The average molecular weight is 296 g/mol. The van der Waals surface area contributed by atoms with E-state index in [2.05, 4.69) is 54.8 Å². The third-order valence-corrected chi connectivity index (χ3v) is 5.47. The first kappa shape index (κ1) is 15.7. The number of aromatic nitrogens is 1. The van der Waals surface area contributed by atoms with Crippen molar-refractivity contribution in [3.05, 3.63) is 11.1 Å². The number of thiazole rings is 1. The third-order valence-electron chi connectivity index (χ3n) is 4.23. The van der Waals surface area contributed by atoms with Gasteiger partial charge >= 0.3 is 0 Å². The molecule has 0 radical (unpaired) electrons. The summed E-state index contributed by atoms with van der Waals surface area (Å²) >= 11 is 1.83. The van der Waals surface area contributed by atoms with Crippen LogP contribution in [0.25, 0.3) is 0 Å². The second-order valence-corrected chi connectivity index (χ2v) is 7.42. The Morgan fingerprint density at radius 2 is 2.20 bits per heavy atom. The molecule has 20 heavy (non-hydrogen) atoms. The summed E-state index contributed by atoms with van der Waals surface area (Å²) in [5.41, 5.74) is 0.218. The minimum atomic E-state index is 0.218. The Bertz CT molecular complexity index is 429. The minimum absolute atomic E-state index is 0.218. The molecule has 0 amide bonds. The smallest absolute Gasteiger partial charge is 0.185 e. The summed E-state index contributed by atoms with van der Waals surface area (Å²) in [6.45, 7) is 13.3. The number of piperazine rings is 1. The number of nitrogens with zero attached hydrogens (tertiary/aromatic N) is 3. The van der Waals surface area contributed by atoms with E-state index in [9.17, 15) is 0 Å². The molecule has 1 unspecified atom stereocenters. The molecule has 2 rings (SSSR count). The lowest BCUT2D eigenvalue weighted by molar-refractivity contribution is 0.139. The predicted molar refractivity (Wildman–Crippen MR) is 87.7 cm³/mol. The zero-order valence-electron chi connectivity index (χ0n) is 13.4. The highest BCUT2D eigenvalue weighted by molar-refractivity contribution is 7.15. The quantitative estimate of drug-likeness (QED) is 0.905. The van der Waals surface area contributed by atoms with Crippen molar-refractivity contribution in [2.24, 2.45) is 0 Å². The number of likely N-dealkylation sites (N-methyl/N-ethyl adjacent to an activating group) is 1. The number of nitrogens with one attached hydrogen (secondary N) is 1. The number of anilines is 1. The van der Waals surface area contributed by atoms with Gasteiger partial charge in [-0.25, -0.2) is 4.98 Å². The molecule has 2 heterocycles. The molecular weight excluding hydrogens is 268 g/mol. The van der Waals surface area contributed by atoms with Gasteiger partial charge in [0.2, 0.25) is 0 Å². The molecule has 1 fully saturated rings. The van der Waals surface area contributed by atoms with E-state index in [1.165, 1.54) is 16.4 Å². The first-order valence-electron chi connectivity index (χ1n) is 7.59. The lowest BCUT2D eigenvalue weighted by atomic mass is 10.0. The maximum absolute atomic E-state index is 4.65. The molecule has 0 spiro atoms. The van der Waals surface area contributed by atoms with Crippen LogP contribution in [-0.2, 0) is 0 Å². The van der Waals surface area contributed by atoms with Crippen molar-refractivity contribution in [3.8, 4) is 0 Å². The second kappa shape index (κ2) is 6.41. The van der Waals surface area contributed by atoms with Crippen molar-refractivity contribution in [1.29, 1.82) is 0 Å². The highest BCUT2D eigenvalue weighted by Gasteiger charge is 2.32. The van der Waals surface area contributed by atoms with E-state index in [1.807, 2.05) is 17.5 Å². The minimum Gasteiger partial charge on any atom is -0.345 e. The average Bonchev–Trinajstić information content (AvgIpc) is 2.88. The van der Waals surface area contributed by atoms with Crippen molar-refractivity contribution in [2.75, 3.05) is 38.1 Å². The van der Waals surface area contributed by atoms with Gasteiger partial charge in [0.25, 0.3) is 0 Å². The number of hydrogen-bond acceptors (Lipinski definition) is 5. The number of rotatable bonds is 5. The van der Waals surface area contributed by atoms with Crippen molar-refractivity contribution in [1.82, 2.24) is 15.2 Å². The highest BCUT2D eigenvalue weighted by atomic mass is 32.1. The lowest BCUT2D eigenvalue weighted by Gasteiger charge is -2.45. The molecule has 0 aliphatic carbocycles. The highest BCUT2D eigenvalue weighted by Crippen LogP contribution is 2.30. The molecule has 1 aromatic rings. The van der Waals surface area contributed by atoms with Crippen LogP contribution in [0.2, 0.25) is 0 Å². The molecule has 1 aliphatic heterocycles. The third kappa shape index (κ3) is 3.51. The Morgan fingerprint density at radius 3 is 2.85 bits per heavy atom. The van der Waals surface area contributed by atoms with Crippen LogP contribution in [0.5, 0.6) is 0 Å². The van der Waals surface area contributed by atoms with Crippen LogP contribution >= 0.6 is 11.3 Å². The van der Waals surface area contributed by atoms with Gasteiger partial charge in [-0.05, 0) is 40.8 Å². The van der Waals surface area contributed by atoms with Gasteiger partial charge in [0.1, 0.15) is 0 Å². The zero-order chi connectivity index (χ0) is 14.8. The topological polar surface area (TPSA) is 31.4 Å². The van der Waals surface area contributed by atoms with Crippen LogP contribution in [0.4, 0.5) is 5.13 Å². The van der Waals surface area contributed by atoms with E-state index in [1.54, 1.807) is 0 Å². The Kier molecular flexibility index (Phi) is 5.04. The zero-order valence-corrected chi connectivity index (χ0v) is 14.3. The molecule has 0 aromatic carbocycles. The van der Waals surface area contributed by atoms with Crippen molar-refractivity contribution in [3.63, 3.8) is 0 Å². The van der Waals surface area contributed by atoms with Crippen LogP contribution in [-0.4, -0.2) is 48.6 Å². The van der Waals surface area contributed by atoms with Crippen LogP contribution in [0.1, 0.15) is 45.0 Å². The van der Waals surface area contributed by atoms with Gasteiger partial charge in [0, 0.05) is 42.3 Å². The normalized spacial score (nSPS) is 21.1. The van der Waals surface area contributed by atoms with E-state index in [4.69, 9.17) is 0 Å². The van der Waals surface area contributed by atoms with Crippen LogP contribution < -0.4 is 10.2 Å². The SMILES string of the molecule is CCCNC(C)c1cnc(N2CCN(C)C(C)(C)C2)s1. The lowest BCUT2D eigenvalue weighted by Crippen LogP contribution is -2.57. The van der Waals surface area contributed by atoms with Gasteiger partial charge in [0.15, 0.2) is 5.13 Å². The Balaban J connectivity index is 2.02. The predicted octanol–water partition coefficient (Wildman–Crippen LogP) is 2.73. The van der Waals surface area contributed by atoms with Gasteiger partial charge in [-0.3, -0.25) is 4.90 Å². The monoisotopic (exact) mass is 296 g/mol. The molecule has 1 aromatic heterocycles. The molecule has 1 aliphatic rings. The summed E-state index contributed by atoms with van der Waals surface area (Å²) in [6, 6.07) is 0.404. The van der Waals surface area contributed by atoms with Crippen LogP contribution in [0.15, 0.2) is 6.20 Å². The molecule has 114 valence electrons. The van der Waals surface area contributed by atoms with Crippen LogP contribution in [0, 0.1) is 0 Å². The Labute approximate surface area is 127 Å². The fourth-order valence-electron chi connectivity index (χ4n) is 2.49. The van der Waals surface area contributed by atoms with Gasteiger partial charge in [0.05, 0.1) is 0 Å². The molecule has 5 heteroatoms. The standard InChI is InChI=1S/C15H28N4S/c1-6-7-16-12(2)13-10-17-14(20-13)19-9-8-18(5)15(3,4)11-19/h10,12,16H,6-9,11H2,1-5H3. The number of hydrogen-bond donors (Lipinski definition) is 1. The van der Waals surface area contributed by atoms with Gasteiger partial charge in [-0.1, -0.05) is 6.92 Å². The summed E-state index contributed by atoms with van der Waals surface area (Å²) < 4.78 is 0. The van der Waals surface area contributed by atoms with Gasteiger partial charge in [-0.2, -0.15) is 0 Å². The summed E-state index contributed by atoms with van der Waals surface area (Å²) in [5, 5.41) is 4.70. The summed E-state index contributed by atoms with van der Waals surface area (Å²) in [5.74, 6) is 0. The van der Waals surface area contributed by atoms with Crippen molar-refractivity contribution in [2.45, 2.75) is 45.7 Å². The summed E-state index contributed by atoms with van der Waals surface area (Å²) in [6.07, 6.45) is 3.21. The molecule has 0 saturated carbocycles. The summed E-state index contributed by atoms with van der Waals surface area (Å²) in [4.78, 5) is 10.8. The van der Waals surface area contributed by atoms with Crippen molar-refractivity contribution < 1.29 is 0 Å². The Morgan fingerprint density at radius 1 is 1.45 bits per heavy atom. The molecule has 1 N–H and O–H groups in total. The molecule has 1 saturated heterocycles. The maximum Gasteiger partial charge on any atom is 0.185 e. The fourth-order valence-corrected chi connectivity index (χ4v) is 3.45. The van der Waals surface area contributed by atoms with E-state index < -0.39 is 0 Å². The van der Waals surface area contributed by atoms with E-state index in [0.29, 0.717) is 6.04 Å².